The van der Waals surface area contributed by atoms with Crippen LogP contribution in [0.15, 0.2) is 41.5 Å². The van der Waals surface area contributed by atoms with Gasteiger partial charge < -0.3 is 19.5 Å². The minimum Gasteiger partial charge on any atom is -0.507 e. The van der Waals surface area contributed by atoms with Crippen molar-refractivity contribution in [2.24, 2.45) is 5.10 Å². The average Bonchev–Trinajstić information content (AvgIpc) is 3.22. The number of aryl methyl sites for hydroxylation is 1. The predicted molar refractivity (Wildman–Crippen MR) is 116 cm³/mol. The molecule has 158 valence electrons. The highest BCUT2D eigenvalue weighted by molar-refractivity contribution is 6.04. The Morgan fingerprint density at radius 3 is 2.77 bits per heavy atom. The molecule has 2 aromatic carbocycles. The summed E-state index contributed by atoms with van der Waals surface area (Å²) in [5.41, 5.74) is 3.45. The van der Waals surface area contributed by atoms with Crippen LogP contribution in [0.25, 0.3) is 0 Å². The third-order valence-electron chi connectivity index (χ3n) is 6.76. The van der Waals surface area contributed by atoms with E-state index >= 15 is 0 Å². The molecule has 1 N–H and O–H groups in total. The Balaban J connectivity index is 1.60. The van der Waals surface area contributed by atoms with Crippen LogP contribution in [0.4, 0.5) is 0 Å². The maximum Gasteiger partial charge on any atom is 0.200 e. The van der Waals surface area contributed by atoms with Crippen LogP contribution in [0.1, 0.15) is 48.9 Å². The number of phenolic OH excluding ortho intramolecular Hbond substituents is 1. The Bertz CT molecular complexity index is 995. The van der Waals surface area contributed by atoms with Crippen LogP contribution in [0.5, 0.6) is 17.2 Å². The summed E-state index contributed by atoms with van der Waals surface area (Å²) >= 11 is 0. The number of aromatic hydroxyl groups is 1. The number of fused-ring (bicyclic) bond motifs is 4. The van der Waals surface area contributed by atoms with Crippen LogP contribution in [-0.2, 0) is 0 Å². The molecule has 1 spiro atoms. The molecule has 0 bridgehead atoms. The molecule has 1 fully saturated rings. The molecule has 0 aliphatic carbocycles. The van der Waals surface area contributed by atoms with Gasteiger partial charge in [-0.2, -0.15) is 5.10 Å². The Labute approximate surface area is 177 Å². The minimum absolute atomic E-state index is 0.0759. The second kappa shape index (κ2) is 7.20. The van der Waals surface area contributed by atoms with Gasteiger partial charge in [-0.15, -0.1) is 0 Å². The van der Waals surface area contributed by atoms with E-state index in [1.165, 1.54) is 0 Å². The molecule has 1 atom stereocenters. The molecule has 5 rings (SSSR count). The van der Waals surface area contributed by atoms with Crippen LogP contribution in [0, 0.1) is 6.92 Å². The molecule has 3 heterocycles. The molecule has 3 aliphatic rings. The number of para-hydroxylation sites is 1. The van der Waals surface area contributed by atoms with Crippen molar-refractivity contribution in [2.75, 3.05) is 26.7 Å². The van der Waals surface area contributed by atoms with Crippen LogP contribution in [-0.4, -0.2) is 53.2 Å². The quantitative estimate of drug-likeness (QED) is 0.831. The first kappa shape index (κ1) is 19.2. The molecule has 1 saturated heterocycles. The van der Waals surface area contributed by atoms with Gasteiger partial charge in [0.2, 0.25) is 5.72 Å². The third-order valence-corrected chi connectivity index (χ3v) is 6.76. The lowest BCUT2D eigenvalue weighted by atomic mass is 9.90. The molecule has 0 radical (unpaired) electrons. The summed E-state index contributed by atoms with van der Waals surface area (Å²) in [5, 5.41) is 17.8. The van der Waals surface area contributed by atoms with Crippen molar-refractivity contribution in [3.8, 4) is 17.2 Å². The molecule has 0 saturated carbocycles. The lowest BCUT2D eigenvalue weighted by molar-refractivity contribution is -0.150. The predicted octanol–water partition coefficient (Wildman–Crippen LogP) is 4.06. The van der Waals surface area contributed by atoms with E-state index in [9.17, 15) is 5.11 Å². The van der Waals surface area contributed by atoms with E-state index in [-0.39, 0.29) is 11.8 Å². The monoisotopic (exact) mass is 407 g/mol. The first-order chi connectivity index (χ1) is 14.5. The second-order valence-corrected chi connectivity index (χ2v) is 8.49. The molecule has 3 aliphatic heterocycles. The second-order valence-electron chi connectivity index (χ2n) is 8.49. The number of hydrazone groups is 1. The van der Waals surface area contributed by atoms with Crippen molar-refractivity contribution in [1.82, 2.24) is 9.91 Å². The van der Waals surface area contributed by atoms with E-state index in [1.807, 2.05) is 31.2 Å². The summed E-state index contributed by atoms with van der Waals surface area (Å²) in [6, 6.07) is 11.9. The van der Waals surface area contributed by atoms with E-state index in [0.717, 1.165) is 72.8 Å². The fourth-order valence-corrected chi connectivity index (χ4v) is 5.02. The highest BCUT2D eigenvalue weighted by atomic mass is 16.5. The van der Waals surface area contributed by atoms with Gasteiger partial charge in [-0.1, -0.05) is 30.7 Å². The van der Waals surface area contributed by atoms with E-state index in [2.05, 4.69) is 22.9 Å². The van der Waals surface area contributed by atoms with Crippen LogP contribution < -0.4 is 9.47 Å². The van der Waals surface area contributed by atoms with Crippen LogP contribution >= 0.6 is 0 Å². The Kier molecular flexibility index (Phi) is 4.62. The Morgan fingerprint density at radius 2 is 2.03 bits per heavy atom. The summed E-state index contributed by atoms with van der Waals surface area (Å²) in [6.07, 6.45) is 2.50. The van der Waals surface area contributed by atoms with E-state index in [0.29, 0.717) is 0 Å². The molecular formula is C24H29N3O3. The number of rotatable bonds is 3. The topological polar surface area (TPSA) is 57.5 Å². The number of hydrogen-bond donors (Lipinski definition) is 1. The van der Waals surface area contributed by atoms with Crippen molar-refractivity contribution in [1.29, 1.82) is 0 Å². The van der Waals surface area contributed by atoms with Crippen molar-refractivity contribution < 1.29 is 14.6 Å². The third kappa shape index (κ3) is 2.93. The highest BCUT2D eigenvalue weighted by Gasteiger charge is 2.52. The Morgan fingerprint density at radius 1 is 1.23 bits per heavy atom. The molecule has 0 aromatic heterocycles. The number of piperidine rings is 1. The first-order valence-corrected chi connectivity index (χ1v) is 10.8. The number of hydrogen-bond acceptors (Lipinski definition) is 6. The van der Waals surface area contributed by atoms with Gasteiger partial charge in [0.05, 0.1) is 18.9 Å². The number of phenols is 1. The number of nitrogens with zero attached hydrogens (tertiary/aromatic N) is 3. The zero-order valence-electron chi connectivity index (χ0n) is 17.9. The van der Waals surface area contributed by atoms with Crippen molar-refractivity contribution >= 4 is 5.71 Å². The van der Waals surface area contributed by atoms with Gasteiger partial charge in [0.25, 0.3) is 0 Å². The summed E-state index contributed by atoms with van der Waals surface area (Å²) in [7, 11) is 1.69. The Hall–Kier alpha value is -2.73. The van der Waals surface area contributed by atoms with Crippen molar-refractivity contribution in [3.63, 3.8) is 0 Å². The fraction of sp³-hybridized carbons (Fsp3) is 0.458. The summed E-state index contributed by atoms with van der Waals surface area (Å²) < 4.78 is 12.4. The van der Waals surface area contributed by atoms with E-state index < -0.39 is 5.72 Å². The van der Waals surface area contributed by atoms with Gasteiger partial charge in [0.15, 0.2) is 11.5 Å². The number of likely N-dealkylation sites (tertiary alicyclic amines) is 1. The zero-order valence-corrected chi connectivity index (χ0v) is 17.9. The first-order valence-electron chi connectivity index (χ1n) is 10.8. The van der Waals surface area contributed by atoms with Crippen molar-refractivity contribution in [3.05, 3.63) is 53.1 Å². The lowest BCUT2D eigenvalue weighted by Crippen LogP contribution is -2.59. The van der Waals surface area contributed by atoms with Crippen LogP contribution in [0.2, 0.25) is 0 Å². The highest BCUT2D eigenvalue weighted by Crippen LogP contribution is 2.53. The summed E-state index contributed by atoms with van der Waals surface area (Å²) in [4.78, 5) is 2.45. The molecular weight excluding hydrogens is 378 g/mol. The molecule has 6 heteroatoms. The zero-order chi connectivity index (χ0) is 20.9. The molecule has 6 nitrogen and oxygen atoms in total. The van der Waals surface area contributed by atoms with Gasteiger partial charge in [0.1, 0.15) is 5.75 Å². The lowest BCUT2D eigenvalue weighted by Gasteiger charge is -2.51. The van der Waals surface area contributed by atoms with Gasteiger partial charge in [-0.3, -0.25) is 0 Å². The maximum absolute atomic E-state index is 10.5. The number of benzene rings is 2. The van der Waals surface area contributed by atoms with Gasteiger partial charge in [-0.25, -0.2) is 5.01 Å². The smallest absolute Gasteiger partial charge is 0.200 e. The standard InChI is InChI=1S/C24H29N3O3/c1-4-26-12-10-24(11-13-26)27-20(17-6-5-7-22(29-3)23(17)30-24)15-19(25-27)18-14-16(2)8-9-21(18)28/h5-9,14,20,28H,4,10-13,15H2,1-3H3/t20-/m0/s1. The molecule has 2 aromatic rings. The normalized spacial score (nSPS) is 22.3. The molecule has 30 heavy (non-hydrogen) atoms. The summed E-state index contributed by atoms with van der Waals surface area (Å²) in [6.45, 7) is 7.24. The van der Waals surface area contributed by atoms with Gasteiger partial charge in [0, 0.05) is 43.5 Å². The largest absolute Gasteiger partial charge is 0.507 e. The van der Waals surface area contributed by atoms with Gasteiger partial charge in [-0.05, 0) is 31.7 Å². The van der Waals surface area contributed by atoms with Crippen LogP contribution in [0.3, 0.4) is 0 Å². The van der Waals surface area contributed by atoms with Crippen molar-refractivity contribution in [2.45, 2.75) is 44.9 Å². The van der Waals surface area contributed by atoms with Gasteiger partial charge >= 0.3 is 0 Å². The van der Waals surface area contributed by atoms with E-state index in [1.54, 1.807) is 13.2 Å². The summed E-state index contributed by atoms with van der Waals surface area (Å²) in [5.74, 6) is 1.90. The maximum atomic E-state index is 10.5. The average molecular weight is 408 g/mol. The minimum atomic E-state index is -0.487. The number of ether oxygens (including phenoxy) is 2. The number of methoxy groups -OCH3 is 1. The molecule has 0 unspecified atom stereocenters. The molecule has 0 amide bonds. The van der Waals surface area contributed by atoms with E-state index in [4.69, 9.17) is 14.6 Å². The fourth-order valence-electron chi connectivity index (χ4n) is 5.02. The SMILES string of the molecule is CCN1CCC2(CC1)Oc1c(OC)cccc1[C@@H]1CC(c3cc(C)ccc3O)=NN12.